The molecule has 0 spiro atoms. The zero-order valence-electron chi connectivity index (χ0n) is 13.1. The van der Waals surface area contributed by atoms with Crippen LogP contribution in [0.25, 0.3) is 0 Å². The monoisotopic (exact) mass is 276 g/mol. The van der Waals surface area contributed by atoms with Crippen LogP contribution in [0.3, 0.4) is 0 Å². The second-order valence-corrected chi connectivity index (χ2v) is 16.7. The van der Waals surface area contributed by atoms with Gasteiger partial charge in [0.25, 0.3) is 0 Å². The molecule has 104 valence electrons. The van der Waals surface area contributed by atoms with E-state index < -0.39 is 16.6 Å². The highest BCUT2D eigenvalue weighted by Crippen LogP contribution is 2.23. The topological polar surface area (TPSA) is 18.5 Å². The van der Waals surface area contributed by atoms with E-state index in [0.717, 1.165) is 13.2 Å². The molecular formula is C13H32O2Si2. The van der Waals surface area contributed by atoms with Crippen molar-refractivity contribution in [3.05, 3.63) is 0 Å². The van der Waals surface area contributed by atoms with E-state index in [1.807, 2.05) is 0 Å². The van der Waals surface area contributed by atoms with E-state index in [1.54, 1.807) is 0 Å². The van der Waals surface area contributed by atoms with Crippen molar-refractivity contribution in [1.29, 1.82) is 0 Å². The minimum absolute atomic E-state index is 0.589. The first-order valence-corrected chi connectivity index (χ1v) is 13.0. The van der Waals surface area contributed by atoms with Gasteiger partial charge in [-0.25, -0.2) is 0 Å². The van der Waals surface area contributed by atoms with Gasteiger partial charge in [0.1, 0.15) is 0 Å². The predicted molar refractivity (Wildman–Crippen MR) is 81.4 cm³/mol. The third-order valence-corrected chi connectivity index (χ3v) is 10.7. The fourth-order valence-electron chi connectivity index (χ4n) is 1.79. The SMILES string of the molecule is CC(C)CO[Si](C)(C[Si](C)(C)C)OCC(C)C. The molecule has 0 aliphatic rings. The highest BCUT2D eigenvalue weighted by atomic mass is 28.4. The Morgan fingerprint density at radius 1 is 0.765 bits per heavy atom. The van der Waals surface area contributed by atoms with Crippen LogP contribution < -0.4 is 0 Å². The van der Waals surface area contributed by atoms with E-state index in [2.05, 4.69) is 53.9 Å². The molecule has 0 N–H and O–H groups in total. The Morgan fingerprint density at radius 3 is 1.35 bits per heavy atom. The summed E-state index contributed by atoms with van der Waals surface area (Å²) >= 11 is 0. The van der Waals surface area contributed by atoms with Crippen LogP contribution in [0, 0.1) is 11.8 Å². The van der Waals surface area contributed by atoms with Crippen molar-refractivity contribution in [2.24, 2.45) is 11.8 Å². The van der Waals surface area contributed by atoms with Crippen LogP contribution in [0.2, 0.25) is 31.9 Å². The van der Waals surface area contributed by atoms with Crippen molar-refractivity contribution in [3.8, 4) is 0 Å². The molecule has 0 aromatic heterocycles. The van der Waals surface area contributed by atoms with Gasteiger partial charge in [-0.05, 0) is 24.1 Å². The van der Waals surface area contributed by atoms with Gasteiger partial charge in [-0.2, -0.15) is 0 Å². The van der Waals surface area contributed by atoms with Crippen molar-refractivity contribution >= 4 is 16.6 Å². The highest BCUT2D eigenvalue weighted by molar-refractivity contribution is 6.90. The van der Waals surface area contributed by atoms with Crippen LogP contribution in [0.15, 0.2) is 0 Å². The standard InChI is InChI=1S/C13H32O2Si2/c1-12(2)9-14-17(8,11-16(5,6)7)15-10-13(3)4/h12-13H,9-11H2,1-8H3. The van der Waals surface area contributed by atoms with Gasteiger partial charge in [0, 0.05) is 21.3 Å². The summed E-state index contributed by atoms with van der Waals surface area (Å²) in [6.07, 6.45) is 0. The average Bonchev–Trinajstić information content (AvgIpc) is 2.09. The summed E-state index contributed by atoms with van der Waals surface area (Å²) in [6, 6.07) is 0. The Morgan fingerprint density at radius 2 is 1.12 bits per heavy atom. The van der Waals surface area contributed by atoms with Crippen molar-refractivity contribution in [2.75, 3.05) is 13.2 Å². The molecule has 2 nitrogen and oxygen atoms in total. The first-order chi connectivity index (χ1) is 7.54. The van der Waals surface area contributed by atoms with Gasteiger partial charge < -0.3 is 8.85 Å². The largest absolute Gasteiger partial charge is 0.394 e. The molecule has 0 unspecified atom stereocenters. The maximum Gasteiger partial charge on any atom is 0.332 e. The molecule has 0 saturated carbocycles. The molecule has 0 fully saturated rings. The third-order valence-electron chi connectivity index (χ3n) is 2.30. The van der Waals surface area contributed by atoms with Gasteiger partial charge in [0.15, 0.2) is 0 Å². The van der Waals surface area contributed by atoms with Crippen molar-refractivity contribution in [3.63, 3.8) is 0 Å². The van der Waals surface area contributed by atoms with Gasteiger partial charge in [-0.3, -0.25) is 0 Å². The Kier molecular flexibility index (Phi) is 7.22. The van der Waals surface area contributed by atoms with E-state index in [4.69, 9.17) is 8.85 Å². The predicted octanol–water partition coefficient (Wildman–Crippen LogP) is 4.28. The lowest BCUT2D eigenvalue weighted by molar-refractivity contribution is 0.146. The minimum Gasteiger partial charge on any atom is -0.394 e. The molecule has 0 aliphatic carbocycles. The lowest BCUT2D eigenvalue weighted by atomic mass is 10.2. The van der Waals surface area contributed by atoms with Crippen molar-refractivity contribution in [2.45, 2.75) is 59.6 Å². The second-order valence-electron chi connectivity index (χ2n) is 7.28. The van der Waals surface area contributed by atoms with Crippen LogP contribution in [0.1, 0.15) is 27.7 Å². The molecule has 0 aromatic carbocycles. The van der Waals surface area contributed by atoms with Gasteiger partial charge in [0.05, 0.1) is 0 Å². The molecular weight excluding hydrogens is 244 g/mol. The van der Waals surface area contributed by atoms with E-state index in [0.29, 0.717) is 11.8 Å². The van der Waals surface area contributed by atoms with Gasteiger partial charge in [0.2, 0.25) is 0 Å². The average molecular weight is 277 g/mol. The normalized spacial score (nSPS) is 13.8. The van der Waals surface area contributed by atoms with Crippen LogP contribution in [0.5, 0.6) is 0 Å². The summed E-state index contributed by atoms with van der Waals surface area (Å²) in [5, 5.41) is 0. The summed E-state index contributed by atoms with van der Waals surface area (Å²) in [7, 11) is -3.07. The minimum atomic E-state index is -1.95. The molecule has 0 atom stereocenters. The summed E-state index contributed by atoms with van der Waals surface area (Å²) < 4.78 is 12.3. The van der Waals surface area contributed by atoms with E-state index >= 15 is 0 Å². The maximum atomic E-state index is 6.17. The molecule has 4 heteroatoms. The summed E-state index contributed by atoms with van der Waals surface area (Å²) in [5.41, 5.74) is 1.19. The van der Waals surface area contributed by atoms with Crippen LogP contribution in [0.4, 0.5) is 0 Å². The Hall–Kier alpha value is 0.354. The van der Waals surface area contributed by atoms with Crippen LogP contribution >= 0.6 is 0 Å². The number of hydrogen-bond donors (Lipinski definition) is 0. The molecule has 0 heterocycles. The third kappa shape index (κ3) is 10.0. The fraction of sp³-hybridized carbons (Fsp3) is 1.00. The lowest BCUT2D eigenvalue weighted by Gasteiger charge is -2.33. The Bertz CT molecular complexity index is 198. The first-order valence-electron chi connectivity index (χ1n) is 6.82. The number of rotatable bonds is 8. The van der Waals surface area contributed by atoms with Crippen LogP contribution in [-0.2, 0) is 8.85 Å². The highest BCUT2D eigenvalue weighted by Gasteiger charge is 2.37. The van der Waals surface area contributed by atoms with Gasteiger partial charge in [-0.15, -0.1) is 0 Å². The molecule has 0 aromatic rings. The fourth-order valence-corrected chi connectivity index (χ4v) is 11.8. The lowest BCUT2D eigenvalue weighted by Crippen LogP contribution is -2.47. The zero-order chi connectivity index (χ0) is 13.7. The van der Waals surface area contributed by atoms with Crippen LogP contribution in [-0.4, -0.2) is 29.8 Å². The van der Waals surface area contributed by atoms with Gasteiger partial charge in [-0.1, -0.05) is 47.3 Å². The molecule has 17 heavy (non-hydrogen) atoms. The Balaban J connectivity index is 4.45. The molecule has 0 radical (unpaired) electrons. The summed E-state index contributed by atoms with van der Waals surface area (Å²) in [4.78, 5) is 0. The van der Waals surface area contributed by atoms with E-state index in [-0.39, 0.29) is 0 Å². The molecule has 0 aliphatic heterocycles. The molecule has 0 bridgehead atoms. The quantitative estimate of drug-likeness (QED) is 0.616. The number of hydrogen-bond acceptors (Lipinski definition) is 2. The van der Waals surface area contributed by atoms with E-state index in [1.165, 1.54) is 5.67 Å². The maximum absolute atomic E-state index is 6.17. The van der Waals surface area contributed by atoms with Crippen molar-refractivity contribution in [1.82, 2.24) is 0 Å². The van der Waals surface area contributed by atoms with Crippen molar-refractivity contribution < 1.29 is 8.85 Å². The smallest absolute Gasteiger partial charge is 0.332 e. The van der Waals surface area contributed by atoms with E-state index in [9.17, 15) is 0 Å². The molecule has 0 amide bonds. The summed E-state index contributed by atoms with van der Waals surface area (Å²) in [6.45, 7) is 19.9. The first kappa shape index (κ1) is 17.4. The molecule has 0 saturated heterocycles. The Labute approximate surface area is 110 Å². The zero-order valence-corrected chi connectivity index (χ0v) is 15.1. The van der Waals surface area contributed by atoms with Gasteiger partial charge >= 0.3 is 8.56 Å². The summed E-state index contributed by atoms with van der Waals surface area (Å²) in [5.74, 6) is 1.18. The molecule has 0 rings (SSSR count). The second kappa shape index (κ2) is 7.07.